The topological polar surface area (TPSA) is 373 Å². The van der Waals surface area contributed by atoms with E-state index in [-0.39, 0.29) is 148 Å². The molecule has 17 aliphatic rings. The quantitative estimate of drug-likeness (QED) is 0.0381. The van der Waals surface area contributed by atoms with E-state index in [0.717, 1.165) is 82.5 Å². The van der Waals surface area contributed by atoms with E-state index in [1.807, 2.05) is 211 Å². The molecule has 20 rings (SSSR count). The van der Waals surface area contributed by atoms with E-state index in [1.54, 1.807) is 0 Å². The number of ether oxygens (including phenoxy) is 4. The smallest absolute Gasteiger partial charge is 0.338 e. The van der Waals surface area contributed by atoms with Gasteiger partial charge >= 0.3 is 65.7 Å². The van der Waals surface area contributed by atoms with Crippen LogP contribution in [-0.2, 0) is 86.1 Å². The summed E-state index contributed by atoms with van der Waals surface area (Å²) in [7, 11) is 0. The summed E-state index contributed by atoms with van der Waals surface area (Å²) in [5.41, 5.74) is 22.7. The second-order valence-corrected chi connectivity index (χ2v) is 40.1. The molecule has 8 saturated carbocycles. The number of alkyl halides is 3. The van der Waals surface area contributed by atoms with E-state index in [9.17, 15) is 82.4 Å². The minimum atomic E-state index is -0.898. The molecule has 4 aliphatic heterocycles. The maximum Gasteiger partial charge on any atom is 0.338 e. The van der Waals surface area contributed by atoms with Gasteiger partial charge in [0.2, 0.25) is 17.7 Å². The molecule has 24 unspecified atom stereocenters. The van der Waals surface area contributed by atoms with Gasteiger partial charge in [-0.2, -0.15) is 0 Å². The lowest BCUT2D eigenvalue weighted by atomic mass is 9.78. The lowest BCUT2D eigenvalue weighted by molar-refractivity contribution is -0.156. The Bertz CT molecular complexity index is 5350. The van der Waals surface area contributed by atoms with Gasteiger partial charge in [0, 0.05) is 76.6 Å². The van der Waals surface area contributed by atoms with E-state index < -0.39 is 69.6 Å². The van der Waals surface area contributed by atoms with Crippen LogP contribution in [-0.4, -0.2) is 103 Å². The van der Waals surface area contributed by atoms with Crippen LogP contribution in [0.1, 0.15) is 139 Å². The third kappa shape index (κ3) is 20.8. The van der Waals surface area contributed by atoms with Crippen molar-refractivity contribution in [1.82, 2.24) is 0 Å². The van der Waals surface area contributed by atoms with Crippen molar-refractivity contribution in [2.45, 2.75) is 148 Å². The number of amides is 3. The largest absolute Gasteiger partial charge is 0.481 e. The van der Waals surface area contributed by atoms with E-state index in [1.165, 1.54) is 55.7 Å². The first kappa shape index (κ1) is 100. The van der Waals surface area contributed by atoms with E-state index in [0.29, 0.717) is 23.2 Å². The molecule has 24 nitrogen and oxygen atoms in total. The number of allylic oxidation sites excluding steroid dienone is 26. The number of rotatable bonds is 9. The van der Waals surface area contributed by atoms with Crippen LogP contribution in [0.15, 0.2) is 236 Å². The fourth-order valence-corrected chi connectivity index (χ4v) is 23.5. The van der Waals surface area contributed by atoms with Crippen molar-refractivity contribution in [3.05, 3.63) is 253 Å². The zero-order chi connectivity index (χ0) is 97.2. The Hall–Kier alpha value is -11.7. The highest BCUT2D eigenvalue weighted by molar-refractivity contribution is 6.63. The van der Waals surface area contributed by atoms with Gasteiger partial charge in [0.05, 0.1) is 71.0 Å². The monoisotopic (exact) mass is 1870 g/mol. The molecular formula is C106H116Cl3N3O21. The first-order valence-electron chi connectivity index (χ1n) is 45.1. The summed E-state index contributed by atoms with van der Waals surface area (Å²) >= 11 is 14.4. The molecule has 11 fully saturated rings. The molecule has 3 aromatic rings. The van der Waals surface area contributed by atoms with Gasteiger partial charge in [-0.3, -0.25) is 57.5 Å². The maximum absolute atomic E-state index is 12.8. The number of hydrogen-bond acceptors (Lipinski definition) is 18. The minimum absolute atomic E-state index is 0.0243. The number of carbonyl (C=O) groups is 14. The highest BCUT2D eigenvalue weighted by Crippen LogP contribution is 2.62. The fourth-order valence-electron chi connectivity index (χ4n) is 23.5. The second-order valence-electron chi connectivity index (χ2n) is 38.2. The number of halogens is 3. The number of carboxylic acids is 3. The number of fused-ring (bicyclic) bond motifs is 21. The Balaban J connectivity index is 0.000000139. The van der Waals surface area contributed by atoms with Crippen LogP contribution in [0.2, 0.25) is 0 Å². The maximum atomic E-state index is 12.8. The highest BCUT2D eigenvalue weighted by Gasteiger charge is 2.65. The lowest BCUT2D eigenvalue weighted by Gasteiger charge is -2.26. The molecule has 3 amide bonds. The number of cyclic esters (lactones) is 8. The number of carboxylic acid groups (broad SMARTS) is 3. The third-order valence-corrected chi connectivity index (χ3v) is 28.5. The number of benzene rings is 3. The number of carbonyl (C=O) groups excluding carboxylic acids is 11. The van der Waals surface area contributed by atoms with Crippen LogP contribution in [0.3, 0.4) is 0 Å². The predicted molar refractivity (Wildman–Crippen MR) is 503 cm³/mol. The van der Waals surface area contributed by atoms with Gasteiger partial charge in [0.1, 0.15) is 0 Å². The highest BCUT2D eigenvalue weighted by atomic mass is 35.6. The molecule has 3 saturated heterocycles. The van der Waals surface area contributed by atoms with Gasteiger partial charge in [-0.1, -0.05) is 233 Å². The van der Waals surface area contributed by atoms with Crippen LogP contribution in [0.25, 0.3) is 0 Å². The molecule has 4 heterocycles. The SMILES string of the molecule is CC(C)=C1C2C=CC1C(C(=O)Nc1ccc(C)cc1)C2C(=O)O.CC(C)=C1C2C=CC1C(C(=O)Nc1ccc(C)cc1)C2C(=O)O.CC(C)=C1C2C=CC1C1C(=O)OC(=O)C21.CC(C)=C1C2C=CC1C1C(=O)OC(=O)C21.CC(C)=C1C2CCC1C(C(=O)Nc1ccc(C)cc1)C2C(=O)O.CC(C)=C1C2CCC1C1C(=O)OC(=O)C21.CC(C)=C1C=CC=C1.ClC(Cl)Cl.O=C1C=CC(=O)O1. The van der Waals surface area contributed by atoms with Crippen molar-refractivity contribution < 1.29 is 101 Å². The summed E-state index contributed by atoms with van der Waals surface area (Å²) in [6.45, 7) is 34.5. The number of aryl methyl sites for hydroxylation is 3. The zero-order valence-corrected chi connectivity index (χ0v) is 79.9. The van der Waals surface area contributed by atoms with Crippen molar-refractivity contribution in [2.24, 2.45) is 142 Å². The van der Waals surface area contributed by atoms with E-state index in [2.05, 4.69) is 72.7 Å². The molecule has 0 aromatic heterocycles. The van der Waals surface area contributed by atoms with Crippen LogP contribution in [0.4, 0.5) is 17.1 Å². The molecule has 133 heavy (non-hydrogen) atoms. The van der Waals surface area contributed by atoms with Crippen LogP contribution in [0.5, 0.6) is 0 Å². The molecule has 0 radical (unpaired) electrons. The molecule has 24 atom stereocenters. The molecule has 3 aromatic carbocycles. The van der Waals surface area contributed by atoms with E-state index in [4.69, 9.17) is 49.0 Å². The van der Waals surface area contributed by atoms with Crippen molar-refractivity contribution in [1.29, 1.82) is 0 Å². The Morgan fingerprint density at radius 1 is 0.293 bits per heavy atom. The second kappa shape index (κ2) is 41.8. The molecule has 27 heteroatoms. The molecule has 0 spiro atoms. The summed E-state index contributed by atoms with van der Waals surface area (Å²) in [6.07, 6.45) is 30.5. The summed E-state index contributed by atoms with van der Waals surface area (Å²) < 4.78 is 17.4. The zero-order valence-electron chi connectivity index (χ0n) is 77.6. The Labute approximate surface area is 790 Å². The number of esters is 8. The number of hydrogen-bond donors (Lipinski definition) is 6. The normalized spacial score (nSPS) is 30.8. The standard InChI is InChI=1S/C19H23NO3.2C19H21NO3.C12H14O3.2C12H12O3.C8H10.C4H2O3.CHCl3/c3*1-10(2)15-13-8-9-14(15)17(19(22)23)16(13)18(21)20-12-6-4-11(3)5-7-12;3*1-5(2)8-6-3-4-7(8)10-9(6)11(13)15-12(10)14;1-7(2)8-5-3-4-6-8;5-3-1-2-4(6)7-3;2-1(3)4/h4-7,13-14,16-17H,8-9H2,1-3H3,(H,20,21)(H,22,23);2*4-9,13-14,16-17H,1-3H3,(H,20,21)(H,22,23);6-7,9-10H,3-4H2,1-2H3;2*3-4,6-7,9-10H,1-2H3;3-6H,1-2H3;1-2H;1H. The van der Waals surface area contributed by atoms with Crippen molar-refractivity contribution in [3.63, 3.8) is 0 Å². The Kier molecular flexibility index (Phi) is 31.5. The molecule has 13 aliphatic carbocycles. The average molecular weight is 1870 g/mol. The molecule has 12 bridgehead atoms. The van der Waals surface area contributed by atoms with Crippen LogP contribution >= 0.6 is 34.8 Å². The van der Waals surface area contributed by atoms with Gasteiger partial charge in [0.15, 0.2) is 4.30 Å². The van der Waals surface area contributed by atoms with Gasteiger partial charge < -0.3 is 50.2 Å². The van der Waals surface area contributed by atoms with Gasteiger partial charge in [-0.05, 0) is 209 Å². The van der Waals surface area contributed by atoms with Gasteiger partial charge in [-0.25, -0.2) is 9.59 Å². The summed E-state index contributed by atoms with van der Waals surface area (Å²) in [5, 5.41) is 37.6. The number of aliphatic carboxylic acids is 3. The Morgan fingerprint density at radius 3 is 0.774 bits per heavy atom. The van der Waals surface area contributed by atoms with Crippen molar-refractivity contribution in [3.8, 4) is 0 Å². The van der Waals surface area contributed by atoms with E-state index >= 15 is 0 Å². The van der Waals surface area contributed by atoms with Crippen LogP contribution < -0.4 is 16.0 Å². The predicted octanol–water partition coefficient (Wildman–Crippen LogP) is 19.1. The molecule has 702 valence electrons. The molecule has 6 N–H and O–H groups in total. The van der Waals surface area contributed by atoms with Gasteiger partial charge in [0.25, 0.3) is 0 Å². The van der Waals surface area contributed by atoms with Crippen molar-refractivity contribution >= 4 is 135 Å². The third-order valence-electron chi connectivity index (χ3n) is 28.5. The van der Waals surface area contributed by atoms with Crippen molar-refractivity contribution in [2.75, 3.05) is 16.0 Å². The number of anilines is 3. The number of nitrogens with one attached hydrogen (secondary N) is 3. The summed E-state index contributed by atoms with van der Waals surface area (Å²) in [6, 6.07) is 22.6. The fraction of sp³-hybridized carbons (Fsp3) is 0.434. The molecular weight excluding hydrogens is 1760 g/mol. The minimum Gasteiger partial charge on any atom is -0.481 e. The summed E-state index contributed by atoms with van der Waals surface area (Å²) in [5.74, 6) is -10.4. The Morgan fingerprint density at radius 2 is 0.526 bits per heavy atom. The first-order chi connectivity index (χ1) is 62.8. The first-order valence-corrected chi connectivity index (χ1v) is 46.4. The average Bonchev–Trinajstić information content (AvgIpc) is 1.59. The van der Waals surface area contributed by atoms with Crippen LogP contribution in [0, 0.1) is 163 Å². The lowest BCUT2D eigenvalue weighted by Crippen LogP contribution is -2.37. The van der Waals surface area contributed by atoms with Gasteiger partial charge in [-0.15, -0.1) is 0 Å². The summed E-state index contributed by atoms with van der Waals surface area (Å²) in [4.78, 5) is 163.